The molecule has 0 aliphatic carbocycles. The van der Waals surface area contributed by atoms with Gasteiger partial charge in [0.15, 0.2) is 0 Å². The number of amidine groups is 1. The topological polar surface area (TPSA) is 149 Å². The number of aliphatic imine (C=N–C) groups is 1. The van der Waals surface area contributed by atoms with Crippen molar-refractivity contribution in [1.29, 1.82) is 0 Å². The zero-order valence-corrected chi connectivity index (χ0v) is 19.7. The normalized spacial score (nSPS) is 17.4. The highest BCUT2D eigenvalue weighted by Gasteiger charge is 2.28. The van der Waals surface area contributed by atoms with Gasteiger partial charge in [-0.2, -0.15) is 0 Å². The van der Waals surface area contributed by atoms with Gasteiger partial charge in [-0.3, -0.25) is 4.79 Å². The lowest BCUT2D eigenvalue weighted by molar-refractivity contribution is -0.114. The minimum absolute atomic E-state index is 0.0378. The Morgan fingerprint density at radius 1 is 1.27 bits per heavy atom. The third kappa shape index (κ3) is 9.90. The molecule has 1 heterocycles. The van der Waals surface area contributed by atoms with Gasteiger partial charge in [0, 0.05) is 31.9 Å². The quantitative estimate of drug-likeness (QED) is 0.159. The molecule has 1 fully saturated rings. The molecule has 1 atom stereocenters. The first-order chi connectivity index (χ1) is 15.6. The van der Waals surface area contributed by atoms with Gasteiger partial charge in [-0.15, -0.1) is 0 Å². The van der Waals surface area contributed by atoms with Crippen LogP contribution in [0.15, 0.2) is 53.1 Å². The molecule has 0 aromatic rings. The van der Waals surface area contributed by atoms with Crippen LogP contribution in [0, 0.1) is 11.8 Å². The number of hydrogen-bond donors (Lipinski definition) is 4. The van der Waals surface area contributed by atoms with Gasteiger partial charge in [-0.05, 0) is 43.8 Å². The van der Waals surface area contributed by atoms with Gasteiger partial charge in [0.25, 0.3) is 5.91 Å². The largest absolute Gasteiger partial charge is 0.449 e. The van der Waals surface area contributed by atoms with Crippen LogP contribution in [0.25, 0.3) is 0 Å². The first-order valence-electron chi connectivity index (χ1n) is 11.0. The Hall–Kier alpha value is -3.14. The number of likely N-dealkylation sites (tertiary alicyclic amines) is 1. The van der Waals surface area contributed by atoms with E-state index in [9.17, 15) is 14.0 Å². The minimum atomic E-state index is -0.779. The number of nitrogens with zero attached hydrogens (tertiary/aromatic N) is 2. The number of ether oxygens (including phenoxy) is 1. The average molecular weight is 465 g/mol. The Labute approximate surface area is 195 Å². The maximum absolute atomic E-state index is 13.2. The molecule has 7 N–H and O–H groups in total. The number of amides is 2. The van der Waals surface area contributed by atoms with Gasteiger partial charge in [-0.25, -0.2) is 14.2 Å². The average Bonchev–Trinajstić information content (AvgIpc) is 2.78. The number of nitrogens with one attached hydrogen (secondary N) is 1. The number of carbonyl (C=O) groups is 2. The Bertz CT molecular complexity index is 811. The predicted octanol–water partition coefficient (Wildman–Crippen LogP) is 2.08. The summed E-state index contributed by atoms with van der Waals surface area (Å²) in [6, 6.07) is -0.159. The van der Waals surface area contributed by atoms with Crippen LogP contribution < -0.4 is 22.5 Å². The summed E-state index contributed by atoms with van der Waals surface area (Å²) in [5, 5.41) is 3.12. The summed E-state index contributed by atoms with van der Waals surface area (Å²) in [7, 11) is 0. The van der Waals surface area contributed by atoms with Crippen LogP contribution in [0.2, 0.25) is 0 Å². The smallest absolute Gasteiger partial charge is 0.409 e. The third-order valence-electron chi connectivity index (χ3n) is 5.12. The number of carbonyl (C=O) groups excluding carboxylic acids is 2. The Morgan fingerprint density at radius 3 is 2.42 bits per heavy atom. The molecule has 9 nitrogen and oxygen atoms in total. The summed E-state index contributed by atoms with van der Waals surface area (Å²) in [6.07, 6.45) is 6.34. The fourth-order valence-electron chi connectivity index (χ4n) is 3.20. The van der Waals surface area contributed by atoms with Crippen molar-refractivity contribution < 1.29 is 18.7 Å². The monoisotopic (exact) mass is 464 g/mol. The van der Waals surface area contributed by atoms with E-state index in [1.807, 2.05) is 13.8 Å². The van der Waals surface area contributed by atoms with Gasteiger partial charge in [0.2, 0.25) is 0 Å². The first-order valence-corrected chi connectivity index (χ1v) is 11.0. The molecule has 1 saturated heterocycles. The minimum Gasteiger partial charge on any atom is -0.449 e. The number of hydrogen-bond acceptors (Lipinski definition) is 6. The lowest BCUT2D eigenvalue weighted by Crippen LogP contribution is -2.47. The van der Waals surface area contributed by atoms with E-state index in [2.05, 4.69) is 16.9 Å². The molecule has 0 bridgehead atoms. The van der Waals surface area contributed by atoms with Crippen molar-refractivity contribution in [3.63, 3.8) is 0 Å². The predicted molar refractivity (Wildman–Crippen MR) is 129 cm³/mol. The van der Waals surface area contributed by atoms with Gasteiger partial charge in [0.1, 0.15) is 11.7 Å². The zero-order valence-electron chi connectivity index (χ0n) is 19.7. The fourth-order valence-corrected chi connectivity index (χ4v) is 3.20. The summed E-state index contributed by atoms with van der Waals surface area (Å²) in [6.45, 7) is 11.0. The third-order valence-corrected chi connectivity index (χ3v) is 5.12. The van der Waals surface area contributed by atoms with E-state index < -0.39 is 11.7 Å². The van der Waals surface area contributed by atoms with E-state index >= 15 is 0 Å². The van der Waals surface area contributed by atoms with Crippen LogP contribution in [0.4, 0.5) is 9.18 Å². The zero-order chi connectivity index (χ0) is 25.0. The van der Waals surface area contributed by atoms with Crippen molar-refractivity contribution >= 4 is 17.8 Å². The Kier molecular flexibility index (Phi) is 11.9. The molecule has 0 aromatic carbocycles. The van der Waals surface area contributed by atoms with Crippen molar-refractivity contribution in [2.24, 2.45) is 34.0 Å². The molecule has 2 amide bonds. The number of allylic oxidation sites excluding steroid dienone is 4. The van der Waals surface area contributed by atoms with Crippen LogP contribution >= 0.6 is 0 Å². The maximum atomic E-state index is 13.2. The lowest BCUT2D eigenvalue weighted by atomic mass is 9.89. The molecule has 1 aliphatic rings. The fraction of sp³-hybridized carbons (Fsp3) is 0.522. The van der Waals surface area contributed by atoms with Crippen LogP contribution in [-0.2, 0) is 9.53 Å². The van der Waals surface area contributed by atoms with Gasteiger partial charge < -0.3 is 32.2 Å². The van der Waals surface area contributed by atoms with Crippen LogP contribution in [0.3, 0.4) is 0 Å². The molecule has 0 radical (unpaired) electrons. The van der Waals surface area contributed by atoms with Crippen molar-refractivity contribution in [2.45, 2.75) is 39.7 Å². The van der Waals surface area contributed by atoms with Crippen LogP contribution in [0.1, 0.15) is 33.6 Å². The molecule has 184 valence electrons. The Morgan fingerprint density at radius 2 is 1.91 bits per heavy atom. The van der Waals surface area contributed by atoms with Gasteiger partial charge >= 0.3 is 6.09 Å². The SMILES string of the molecule is C=C(/C=C\C(F)=C/C)N=C(N)/C(=C\N[C@@H](CN)C1CCN(C(=O)OCC(C)C)CC1)C(N)=O. The maximum Gasteiger partial charge on any atom is 0.409 e. The van der Waals surface area contributed by atoms with Gasteiger partial charge in [0.05, 0.1) is 17.9 Å². The molecular formula is C23H37FN6O3. The Balaban J connectivity index is 2.77. The van der Waals surface area contributed by atoms with E-state index in [0.717, 1.165) is 12.8 Å². The summed E-state index contributed by atoms with van der Waals surface area (Å²) < 4.78 is 18.5. The summed E-state index contributed by atoms with van der Waals surface area (Å²) in [5.41, 5.74) is 17.4. The second kappa shape index (κ2) is 14.1. The highest BCUT2D eigenvalue weighted by molar-refractivity contribution is 6.19. The molecule has 33 heavy (non-hydrogen) atoms. The van der Waals surface area contributed by atoms with Crippen LogP contribution in [-0.4, -0.2) is 55.0 Å². The molecule has 1 rings (SSSR count). The molecule has 0 spiro atoms. The highest BCUT2D eigenvalue weighted by Crippen LogP contribution is 2.21. The lowest BCUT2D eigenvalue weighted by Gasteiger charge is -2.35. The highest BCUT2D eigenvalue weighted by atomic mass is 19.1. The van der Waals surface area contributed by atoms with Crippen LogP contribution in [0.5, 0.6) is 0 Å². The number of primary amides is 1. The van der Waals surface area contributed by atoms with E-state index in [-0.39, 0.29) is 41.1 Å². The van der Waals surface area contributed by atoms with E-state index in [4.69, 9.17) is 21.9 Å². The summed E-state index contributed by atoms with van der Waals surface area (Å²) >= 11 is 0. The van der Waals surface area contributed by atoms with Crippen molar-refractivity contribution in [1.82, 2.24) is 10.2 Å². The number of halogens is 1. The number of piperidine rings is 1. The molecule has 10 heteroatoms. The number of rotatable bonds is 11. The summed E-state index contributed by atoms with van der Waals surface area (Å²) in [5.74, 6) is -0.929. The first kappa shape index (κ1) is 27.9. The standard InChI is InChI=1S/C23H37FN6O3/c1-5-18(24)7-6-16(4)29-21(26)19(22(27)31)13-28-20(12-25)17-8-10-30(11-9-17)23(32)33-14-15(2)3/h5-7,13,15,17,20,28H,4,8-12,14,25H2,1-3H3,(H2,26,29)(H2,27,31)/b7-6-,18-5+,19-13+/t20-/m0/s1. The van der Waals surface area contributed by atoms with Crippen molar-refractivity contribution in [3.05, 3.63) is 48.1 Å². The van der Waals surface area contributed by atoms with Gasteiger partial charge in [-0.1, -0.05) is 26.5 Å². The van der Waals surface area contributed by atoms with Crippen molar-refractivity contribution in [3.8, 4) is 0 Å². The summed E-state index contributed by atoms with van der Waals surface area (Å²) in [4.78, 5) is 29.7. The van der Waals surface area contributed by atoms with E-state index in [1.54, 1.807) is 11.8 Å². The van der Waals surface area contributed by atoms with E-state index in [1.165, 1.54) is 24.4 Å². The second-order valence-corrected chi connectivity index (χ2v) is 8.22. The second-order valence-electron chi connectivity index (χ2n) is 8.22. The van der Waals surface area contributed by atoms with Crippen molar-refractivity contribution in [2.75, 3.05) is 26.2 Å². The molecule has 1 aliphatic heterocycles. The number of nitrogens with two attached hydrogens (primary N) is 3. The molecular weight excluding hydrogens is 427 g/mol. The van der Waals surface area contributed by atoms with E-state index in [0.29, 0.717) is 26.2 Å². The molecule has 0 saturated carbocycles. The molecule has 0 aromatic heterocycles. The molecule has 0 unspecified atom stereocenters.